The van der Waals surface area contributed by atoms with Crippen molar-refractivity contribution in [3.05, 3.63) is 101 Å². The van der Waals surface area contributed by atoms with Crippen molar-refractivity contribution in [2.45, 2.75) is 19.6 Å². The maximum Gasteiger partial charge on any atom is 0.410 e. The number of carbonyl (C=O) groups is 3. The molecule has 1 aliphatic rings. The average molecular weight is 476 g/mol. The van der Waals surface area contributed by atoms with Gasteiger partial charge in [0.25, 0.3) is 0 Å². The lowest BCUT2D eigenvalue weighted by molar-refractivity contribution is -0.140. The number of amides is 2. The summed E-state index contributed by atoms with van der Waals surface area (Å²) in [6, 6.07) is 18.0. The number of hydrogen-bond donors (Lipinski definition) is 0. The topological polar surface area (TPSA) is 79.8 Å². The van der Waals surface area contributed by atoms with E-state index in [0.717, 1.165) is 17.2 Å². The Morgan fingerprint density at radius 3 is 2.51 bits per heavy atom. The van der Waals surface area contributed by atoms with Gasteiger partial charge in [-0.05, 0) is 36.2 Å². The third-order valence-corrected chi connectivity index (χ3v) is 6.05. The highest BCUT2D eigenvalue weighted by Crippen LogP contribution is 2.29. The van der Waals surface area contributed by atoms with Crippen LogP contribution >= 0.6 is 0 Å². The minimum Gasteiger partial charge on any atom is -0.445 e. The summed E-state index contributed by atoms with van der Waals surface area (Å²) in [7, 11) is 1.52. The molecule has 0 aliphatic carbocycles. The van der Waals surface area contributed by atoms with Crippen LogP contribution in [0, 0.1) is 18.8 Å². The van der Waals surface area contributed by atoms with Crippen LogP contribution in [0.1, 0.15) is 33.1 Å². The molecule has 8 heteroatoms. The van der Waals surface area contributed by atoms with Gasteiger partial charge in [0.2, 0.25) is 11.9 Å². The molecule has 0 spiro atoms. The SMILES string of the molecule is Cc1cccc(C(=O)C(c2ccnc(F)c2)N(C)C(=O)C2CN(C(=O)OCc3ccccc3)C2)c1. The molecule has 1 aliphatic heterocycles. The molecule has 35 heavy (non-hydrogen) atoms. The van der Waals surface area contributed by atoms with Gasteiger partial charge in [-0.15, -0.1) is 0 Å². The van der Waals surface area contributed by atoms with E-state index in [9.17, 15) is 18.8 Å². The molecule has 2 heterocycles. The molecular formula is C27H26FN3O4. The van der Waals surface area contributed by atoms with Crippen LogP contribution in [0.4, 0.5) is 9.18 Å². The zero-order chi connectivity index (χ0) is 24.9. The van der Waals surface area contributed by atoms with Gasteiger partial charge >= 0.3 is 6.09 Å². The molecule has 0 N–H and O–H groups in total. The molecule has 180 valence electrons. The van der Waals surface area contributed by atoms with Gasteiger partial charge in [-0.2, -0.15) is 4.39 Å². The first kappa shape index (κ1) is 24.1. The number of ether oxygens (including phenoxy) is 1. The van der Waals surface area contributed by atoms with Crippen LogP contribution in [-0.2, 0) is 16.1 Å². The van der Waals surface area contributed by atoms with Crippen molar-refractivity contribution < 1.29 is 23.5 Å². The number of aryl methyl sites for hydroxylation is 1. The lowest BCUT2D eigenvalue weighted by Crippen LogP contribution is -2.56. The normalized spacial score (nSPS) is 14.1. The van der Waals surface area contributed by atoms with Gasteiger partial charge in [-0.1, -0.05) is 54.1 Å². The Balaban J connectivity index is 1.44. The van der Waals surface area contributed by atoms with Crippen molar-refractivity contribution in [1.82, 2.24) is 14.8 Å². The minimum absolute atomic E-state index is 0.148. The quantitative estimate of drug-likeness (QED) is 0.378. The summed E-state index contributed by atoms with van der Waals surface area (Å²) >= 11 is 0. The second-order valence-electron chi connectivity index (χ2n) is 8.64. The molecule has 0 radical (unpaired) electrons. The molecule has 4 rings (SSSR count). The van der Waals surface area contributed by atoms with Crippen LogP contribution in [0.15, 0.2) is 72.9 Å². The van der Waals surface area contributed by atoms with Crippen molar-refractivity contribution in [2.24, 2.45) is 5.92 Å². The Morgan fingerprint density at radius 1 is 1.09 bits per heavy atom. The molecule has 2 amide bonds. The first-order chi connectivity index (χ1) is 16.8. The summed E-state index contributed by atoms with van der Waals surface area (Å²) in [6.07, 6.45) is 0.775. The third kappa shape index (κ3) is 5.54. The minimum atomic E-state index is -1.03. The highest BCUT2D eigenvalue weighted by molar-refractivity contribution is 6.02. The maximum absolute atomic E-state index is 13.9. The van der Waals surface area contributed by atoms with Crippen molar-refractivity contribution in [3.8, 4) is 0 Å². The van der Waals surface area contributed by atoms with E-state index in [1.165, 1.54) is 29.1 Å². The van der Waals surface area contributed by atoms with Gasteiger partial charge in [-0.3, -0.25) is 9.59 Å². The van der Waals surface area contributed by atoms with E-state index in [-0.39, 0.29) is 31.4 Å². The second kappa shape index (κ2) is 10.5. The van der Waals surface area contributed by atoms with Crippen molar-refractivity contribution in [1.29, 1.82) is 0 Å². The predicted octanol–water partition coefficient (Wildman–Crippen LogP) is 4.18. The monoisotopic (exact) mass is 475 g/mol. The second-order valence-corrected chi connectivity index (χ2v) is 8.64. The summed E-state index contributed by atoms with van der Waals surface area (Å²) in [5, 5.41) is 0. The number of rotatable bonds is 7. The van der Waals surface area contributed by atoms with E-state index in [4.69, 9.17) is 4.74 Å². The third-order valence-electron chi connectivity index (χ3n) is 6.05. The van der Waals surface area contributed by atoms with E-state index in [2.05, 4.69) is 4.98 Å². The molecule has 1 aromatic heterocycles. The number of likely N-dealkylation sites (N-methyl/N-ethyl adjacent to an activating group) is 1. The van der Waals surface area contributed by atoms with Crippen LogP contribution in [0.25, 0.3) is 0 Å². The van der Waals surface area contributed by atoms with Gasteiger partial charge in [0.05, 0.1) is 5.92 Å². The van der Waals surface area contributed by atoms with Crippen LogP contribution in [0.5, 0.6) is 0 Å². The van der Waals surface area contributed by atoms with E-state index in [1.807, 2.05) is 43.3 Å². The first-order valence-corrected chi connectivity index (χ1v) is 11.3. The van der Waals surface area contributed by atoms with Crippen LogP contribution < -0.4 is 0 Å². The van der Waals surface area contributed by atoms with E-state index >= 15 is 0 Å². The Morgan fingerprint density at radius 2 is 1.83 bits per heavy atom. The van der Waals surface area contributed by atoms with E-state index in [1.54, 1.807) is 18.2 Å². The van der Waals surface area contributed by atoms with Gasteiger partial charge in [0.15, 0.2) is 5.78 Å². The number of carbonyl (C=O) groups excluding carboxylic acids is 3. The van der Waals surface area contributed by atoms with Crippen LogP contribution in [0.2, 0.25) is 0 Å². The fourth-order valence-electron chi connectivity index (χ4n) is 4.10. The zero-order valence-corrected chi connectivity index (χ0v) is 19.6. The lowest BCUT2D eigenvalue weighted by atomic mass is 9.93. The van der Waals surface area contributed by atoms with Gasteiger partial charge in [-0.25, -0.2) is 9.78 Å². The average Bonchev–Trinajstić information content (AvgIpc) is 2.82. The number of ketones is 1. The highest BCUT2D eigenvalue weighted by atomic mass is 19.1. The van der Waals surface area contributed by atoms with Crippen LogP contribution in [0.3, 0.4) is 0 Å². The Kier molecular flexibility index (Phi) is 7.19. The summed E-state index contributed by atoms with van der Waals surface area (Å²) in [5.41, 5.74) is 2.52. The molecule has 1 fully saturated rings. The number of Topliss-reactive ketones (excluding diaryl/α,β-unsaturated/α-hetero) is 1. The highest BCUT2D eigenvalue weighted by Gasteiger charge is 2.41. The predicted molar refractivity (Wildman–Crippen MR) is 127 cm³/mol. The summed E-state index contributed by atoms with van der Waals surface area (Å²) in [5.74, 6) is -1.85. The number of aromatic nitrogens is 1. The molecule has 7 nitrogen and oxygen atoms in total. The molecule has 2 aromatic carbocycles. The Hall–Kier alpha value is -4.07. The first-order valence-electron chi connectivity index (χ1n) is 11.3. The van der Waals surface area contributed by atoms with Crippen molar-refractivity contribution in [2.75, 3.05) is 20.1 Å². The summed E-state index contributed by atoms with van der Waals surface area (Å²) < 4.78 is 19.2. The summed E-state index contributed by atoms with van der Waals surface area (Å²) in [6.45, 7) is 2.39. The number of hydrogen-bond acceptors (Lipinski definition) is 5. The fraction of sp³-hybridized carbons (Fsp3) is 0.259. The van der Waals surface area contributed by atoms with Gasteiger partial charge < -0.3 is 14.5 Å². The Labute approximate surface area is 203 Å². The standard InChI is InChI=1S/C27H26FN3O4/c1-18-7-6-10-21(13-18)25(32)24(20-11-12-29-23(28)14-20)30(2)26(33)22-15-31(16-22)27(34)35-17-19-8-4-3-5-9-19/h3-14,22,24H,15-17H2,1-2H3. The molecule has 0 saturated carbocycles. The zero-order valence-electron chi connectivity index (χ0n) is 19.6. The van der Waals surface area contributed by atoms with Crippen LogP contribution in [-0.4, -0.2) is 52.7 Å². The number of pyridine rings is 1. The number of halogens is 1. The molecule has 1 saturated heterocycles. The molecular weight excluding hydrogens is 449 g/mol. The molecule has 0 bridgehead atoms. The molecule has 1 unspecified atom stereocenters. The molecule has 3 aromatic rings. The number of likely N-dealkylation sites (tertiary alicyclic amines) is 1. The number of nitrogens with zero attached hydrogens (tertiary/aromatic N) is 3. The maximum atomic E-state index is 13.9. The van der Waals surface area contributed by atoms with E-state index < -0.39 is 24.0 Å². The van der Waals surface area contributed by atoms with Gasteiger partial charge in [0.1, 0.15) is 12.6 Å². The smallest absolute Gasteiger partial charge is 0.410 e. The number of benzene rings is 2. The lowest BCUT2D eigenvalue weighted by Gasteiger charge is -2.40. The molecule has 1 atom stereocenters. The van der Waals surface area contributed by atoms with Gasteiger partial charge in [0, 0.05) is 31.9 Å². The van der Waals surface area contributed by atoms with Crippen molar-refractivity contribution >= 4 is 17.8 Å². The summed E-state index contributed by atoms with van der Waals surface area (Å²) in [4.78, 5) is 45.4. The fourth-order valence-corrected chi connectivity index (χ4v) is 4.10. The Bertz CT molecular complexity index is 1230. The van der Waals surface area contributed by atoms with E-state index in [0.29, 0.717) is 11.1 Å². The largest absolute Gasteiger partial charge is 0.445 e. The van der Waals surface area contributed by atoms with Crippen molar-refractivity contribution in [3.63, 3.8) is 0 Å².